The van der Waals surface area contributed by atoms with E-state index >= 15 is 0 Å². The highest BCUT2D eigenvalue weighted by molar-refractivity contribution is 5.97. The third-order valence-electron chi connectivity index (χ3n) is 4.15. The molecule has 2 aliphatic rings. The second-order valence-corrected chi connectivity index (χ2v) is 5.67. The van der Waals surface area contributed by atoms with Gasteiger partial charge in [0.15, 0.2) is 0 Å². The zero-order chi connectivity index (χ0) is 15.0. The van der Waals surface area contributed by atoms with Gasteiger partial charge in [-0.05, 0) is 31.2 Å². The van der Waals surface area contributed by atoms with Crippen LogP contribution in [0.15, 0.2) is 18.3 Å². The van der Waals surface area contributed by atoms with Gasteiger partial charge in [-0.25, -0.2) is 4.98 Å². The molecule has 0 radical (unpaired) electrons. The van der Waals surface area contributed by atoms with Crippen LogP contribution in [0.1, 0.15) is 25.3 Å². The number of hydrogen-bond acceptors (Lipinski definition) is 4. The Bertz CT molecular complexity index is 554. The van der Waals surface area contributed by atoms with Gasteiger partial charge in [-0.2, -0.15) is 0 Å². The van der Waals surface area contributed by atoms with Crippen LogP contribution < -0.4 is 10.1 Å². The van der Waals surface area contributed by atoms with Crippen LogP contribution >= 0.6 is 0 Å². The summed E-state index contributed by atoms with van der Waals surface area (Å²) in [5, 5.41) is 2.85. The van der Waals surface area contributed by atoms with Crippen molar-refractivity contribution in [3.8, 4) is 5.88 Å². The lowest BCUT2D eigenvalue weighted by molar-refractivity contribution is -0.149. The molecule has 1 N–H and O–H groups in total. The molecule has 2 fully saturated rings. The number of methoxy groups -OCH3 is 1. The van der Waals surface area contributed by atoms with Crippen molar-refractivity contribution >= 4 is 11.8 Å². The predicted octanol–water partition coefficient (Wildman–Crippen LogP) is 0.716. The molecule has 3 rings (SSSR count). The van der Waals surface area contributed by atoms with E-state index in [0.717, 1.165) is 18.4 Å². The highest BCUT2D eigenvalue weighted by atomic mass is 16.5. The highest BCUT2D eigenvalue weighted by Crippen LogP contribution is 2.35. The van der Waals surface area contributed by atoms with Crippen LogP contribution in [-0.2, 0) is 16.1 Å². The summed E-state index contributed by atoms with van der Waals surface area (Å²) in [5.74, 6) is 0.782. The van der Waals surface area contributed by atoms with Gasteiger partial charge in [-0.3, -0.25) is 9.59 Å². The molecule has 112 valence electrons. The molecule has 0 spiro atoms. The third kappa shape index (κ3) is 2.70. The summed E-state index contributed by atoms with van der Waals surface area (Å²) in [4.78, 5) is 30.4. The molecule has 6 heteroatoms. The smallest absolute Gasteiger partial charge is 0.246 e. The predicted molar refractivity (Wildman–Crippen MR) is 75.5 cm³/mol. The molecule has 0 bridgehead atoms. The molecule has 2 atom stereocenters. The van der Waals surface area contributed by atoms with Crippen molar-refractivity contribution < 1.29 is 14.3 Å². The molecule has 6 nitrogen and oxygen atoms in total. The number of ether oxygens (including phenoxy) is 1. The van der Waals surface area contributed by atoms with Crippen LogP contribution in [0.5, 0.6) is 5.88 Å². The fraction of sp³-hybridized carbons (Fsp3) is 0.533. The Morgan fingerprint density at radius 2 is 2.14 bits per heavy atom. The monoisotopic (exact) mass is 289 g/mol. The first-order chi connectivity index (χ1) is 10.1. The Morgan fingerprint density at radius 1 is 1.38 bits per heavy atom. The van der Waals surface area contributed by atoms with Crippen LogP contribution in [-0.4, -0.2) is 40.9 Å². The summed E-state index contributed by atoms with van der Waals surface area (Å²) in [7, 11) is 1.56. The Hall–Kier alpha value is -2.11. The van der Waals surface area contributed by atoms with E-state index in [2.05, 4.69) is 10.3 Å². The molecular formula is C15H19N3O3. The van der Waals surface area contributed by atoms with Gasteiger partial charge in [0.1, 0.15) is 12.1 Å². The highest BCUT2D eigenvalue weighted by Gasteiger charge is 2.45. The van der Waals surface area contributed by atoms with E-state index in [1.54, 1.807) is 31.2 Å². The van der Waals surface area contributed by atoms with Gasteiger partial charge in [0.2, 0.25) is 17.7 Å². The van der Waals surface area contributed by atoms with Crippen molar-refractivity contribution in [1.29, 1.82) is 0 Å². The van der Waals surface area contributed by atoms with Crippen LogP contribution in [0, 0.1) is 5.92 Å². The number of amides is 2. The van der Waals surface area contributed by atoms with E-state index in [1.165, 1.54) is 0 Å². The number of rotatable bonds is 4. The maximum atomic E-state index is 12.6. The first kappa shape index (κ1) is 13.9. The number of aromatic nitrogens is 1. The van der Waals surface area contributed by atoms with Gasteiger partial charge in [-0.15, -0.1) is 0 Å². The van der Waals surface area contributed by atoms with Crippen molar-refractivity contribution in [3.05, 3.63) is 23.9 Å². The second-order valence-electron chi connectivity index (χ2n) is 5.67. The normalized spacial score (nSPS) is 25.7. The minimum Gasteiger partial charge on any atom is -0.481 e. The van der Waals surface area contributed by atoms with Crippen molar-refractivity contribution in [2.24, 2.45) is 5.92 Å². The first-order valence-corrected chi connectivity index (χ1v) is 7.20. The zero-order valence-corrected chi connectivity index (χ0v) is 12.2. The first-order valence-electron chi connectivity index (χ1n) is 7.20. The summed E-state index contributed by atoms with van der Waals surface area (Å²) in [6.45, 7) is 2.15. The molecule has 1 aliphatic carbocycles. The van der Waals surface area contributed by atoms with E-state index in [9.17, 15) is 9.59 Å². The lowest BCUT2D eigenvalue weighted by Crippen LogP contribution is -2.62. The number of nitrogens with one attached hydrogen (secondary N) is 1. The minimum atomic E-state index is -0.449. The Morgan fingerprint density at radius 3 is 2.71 bits per heavy atom. The van der Waals surface area contributed by atoms with Crippen LogP contribution in [0.25, 0.3) is 0 Å². The van der Waals surface area contributed by atoms with Gasteiger partial charge < -0.3 is 15.0 Å². The van der Waals surface area contributed by atoms with Gasteiger partial charge in [0.05, 0.1) is 7.11 Å². The molecule has 2 unspecified atom stereocenters. The lowest BCUT2D eigenvalue weighted by Gasteiger charge is -2.37. The summed E-state index contributed by atoms with van der Waals surface area (Å²) in [6, 6.07) is 2.83. The number of carbonyl (C=O) groups is 2. The summed E-state index contributed by atoms with van der Waals surface area (Å²) < 4.78 is 5.02. The number of carbonyl (C=O) groups excluding carboxylic acids is 2. The maximum Gasteiger partial charge on any atom is 0.246 e. The molecule has 2 heterocycles. The standard InChI is InChI=1S/C15H19N3O3/c1-9-14(19)17-13(11-4-5-11)15(20)18(9)8-10-3-6-12(21-2)16-7-10/h3,6-7,9,11,13H,4-5,8H2,1-2H3,(H,17,19). The van der Waals surface area contributed by atoms with Gasteiger partial charge in [0, 0.05) is 18.8 Å². The van der Waals surface area contributed by atoms with Crippen LogP contribution in [0.3, 0.4) is 0 Å². The maximum absolute atomic E-state index is 12.6. The van der Waals surface area contributed by atoms with E-state index in [1.807, 2.05) is 6.07 Å². The fourth-order valence-corrected chi connectivity index (χ4v) is 2.63. The molecule has 2 amide bonds. The molecule has 0 aromatic carbocycles. The van der Waals surface area contributed by atoms with Crippen molar-refractivity contribution in [2.45, 2.75) is 38.4 Å². The SMILES string of the molecule is COc1ccc(CN2C(=O)C(C3CC3)NC(=O)C2C)cn1. The van der Waals surface area contributed by atoms with E-state index in [-0.39, 0.29) is 17.9 Å². The molecule has 1 aromatic heterocycles. The summed E-state index contributed by atoms with van der Waals surface area (Å²) >= 11 is 0. The molecule has 1 aliphatic heterocycles. The van der Waals surface area contributed by atoms with E-state index < -0.39 is 6.04 Å². The second kappa shape index (κ2) is 5.35. The lowest BCUT2D eigenvalue weighted by atomic mass is 10.0. The van der Waals surface area contributed by atoms with Gasteiger partial charge >= 0.3 is 0 Å². The summed E-state index contributed by atoms with van der Waals surface area (Å²) in [6.07, 6.45) is 3.71. The van der Waals surface area contributed by atoms with Crippen molar-refractivity contribution in [3.63, 3.8) is 0 Å². The Balaban J connectivity index is 1.77. The molecule has 21 heavy (non-hydrogen) atoms. The number of piperazine rings is 1. The molecule has 1 aromatic rings. The molecular weight excluding hydrogens is 270 g/mol. The average molecular weight is 289 g/mol. The van der Waals surface area contributed by atoms with Crippen molar-refractivity contribution in [1.82, 2.24) is 15.2 Å². The van der Waals surface area contributed by atoms with Gasteiger partial charge in [-0.1, -0.05) is 6.07 Å². The average Bonchev–Trinajstić information content (AvgIpc) is 3.32. The minimum absolute atomic E-state index is 0.0143. The van der Waals surface area contributed by atoms with Crippen molar-refractivity contribution in [2.75, 3.05) is 7.11 Å². The quantitative estimate of drug-likeness (QED) is 0.886. The fourth-order valence-electron chi connectivity index (χ4n) is 2.63. The Kier molecular flexibility index (Phi) is 3.53. The topological polar surface area (TPSA) is 71.5 Å². The molecule has 1 saturated carbocycles. The van der Waals surface area contributed by atoms with E-state index in [0.29, 0.717) is 18.3 Å². The Labute approximate surface area is 123 Å². The zero-order valence-electron chi connectivity index (χ0n) is 12.2. The van der Waals surface area contributed by atoms with Crippen LogP contribution in [0.2, 0.25) is 0 Å². The third-order valence-corrected chi connectivity index (χ3v) is 4.15. The van der Waals surface area contributed by atoms with E-state index in [4.69, 9.17) is 4.74 Å². The largest absolute Gasteiger partial charge is 0.481 e. The number of nitrogens with zero attached hydrogens (tertiary/aromatic N) is 2. The van der Waals surface area contributed by atoms with Gasteiger partial charge in [0.25, 0.3) is 0 Å². The van der Waals surface area contributed by atoms with Crippen LogP contribution in [0.4, 0.5) is 0 Å². The summed E-state index contributed by atoms with van der Waals surface area (Å²) in [5.41, 5.74) is 0.889. The number of pyridine rings is 1. The number of hydrogen-bond donors (Lipinski definition) is 1. The molecule has 1 saturated heterocycles.